The first kappa shape index (κ1) is 14.9. The van der Waals surface area contributed by atoms with Crippen molar-refractivity contribution in [3.05, 3.63) is 12.2 Å². The fourth-order valence-electron chi connectivity index (χ4n) is 1.40. The van der Waals surface area contributed by atoms with Gasteiger partial charge in [0.1, 0.15) is 0 Å². The van der Waals surface area contributed by atoms with Gasteiger partial charge in [0, 0.05) is 6.08 Å². The second kappa shape index (κ2) is 4.85. The van der Waals surface area contributed by atoms with Crippen LogP contribution in [0.15, 0.2) is 12.2 Å². The summed E-state index contributed by atoms with van der Waals surface area (Å²) in [5.41, 5.74) is 0. The van der Waals surface area contributed by atoms with E-state index in [9.17, 15) is 9.59 Å². The van der Waals surface area contributed by atoms with Gasteiger partial charge in [-0.15, -0.1) is 0 Å². The van der Waals surface area contributed by atoms with Crippen LogP contribution in [0.1, 0.15) is 20.8 Å². The van der Waals surface area contributed by atoms with Gasteiger partial charge in [-0.1, -0.05) is 26.8 Å². The number of imide groups is 1. The summed E-state index contributed by atoms with van der Waals surface area (Å²) in [6.07, 6.45) is 1.64. The minimum atomic E-state index is -1.92. The average Bonchev–Trinajstić information content (AvgIpc) is 2.55. The summed E-state index contributed by atoms with van der Waals surface area (Å²) in [4.78, 5) is 23.1. The van der Waals surface area contributed by atoms with Crippen LogP contribution in [0.25, 0.3) is 0 Å². The maximum absolute atomic E-state index is 11.4. The number of carbonyl (C=O) groups excluding carboxylic acids is 1. The van der Waals surface area contributed by atoms with Gasteiger partial charge in [-0.05, 0) is 18.1 Å². The van der Waals surface area contributed by atoms with E-state index in [-0.39, 0.29) is 11.6 Å². The molecule has 5 nitrogen and oxygen atoms in total. The van der Waals surface area contributed by atoms with Crippen LogP contribution < -0.4 is 0 Å². The van der Waals surface area contributed by atoms with Crippen LogP contribution in [-0.2, 0) is 9.22 Å². The smallest absolute Gasteiger partial charge is 0.414 e. The van der Waals surface area contributed by atoms with Crippen LogP contribution in [0.4, 0.5) is 4.79 Å². The highest BCUT2D eigenvalue weighted by Gasteiger charge is 2.39. The summed E-state index contributed by atoms with van der Waals surface area (Å²) in [6.45, 7) is 10.8. The van der Waals surface area contributed by atoms with E-state index < -0.39 is 26.4 Å². The molecule has 1 rings (SSSR count). The lowest BCUT2D eigenvalue weighted by atomic mass is 10.2. The maximum atomic E-state index is 11.4. The largest absolute Gasteiger partial charge is 0.465 e. The molecule has 0 fully saturated rings. The Morgan fingerprint density at radius 2 is 2.06 bits per heavy atom. The van der Waals surface area contributed by atoms with E-state index >= 15 is 0 Å². The fourth-order valence-corrected chi connectivity index (χ4v) is 2.42. The first-order chi connectivity index (χ1) is 8.06. The monoisotopic (exact) mass is 271 g/mol. The molecular weight excluding hydrogens is 250 g/mol. The van der Waals surface area contributed by atoms with Gasteiger partial charge in [-0.3, -0.25) is 4.79 Å². The molecule has 18 heavy (non-hydrogen) atoms. The third-order valence-corrected chi connectivity index (χ3v) is 8.16. The molecule has 0 aliphatic carbocycles. The average molecular weight is 271 g/mol. The lowest BCUT2D eigenvalue weighted by Crippen LogP contribution is -2.46. The lowest BCUT2D eigenvalue weighted by molar-refractivity contribution is -0.124. The van der Waals surface area contributed by atoms with Crippen LogP contribution in [0.5, 0.6) is 0 Å². The Morgan fingerprint density at radius 1 is 1.50 bits per heavy atom. The summed E-state index contributed by atoms with van der Waals surface area (Å²) < 4.78 is 5.94. The first-order valence-electron chi connectivity index (χ1n) is 5.94. The Hall–Kier alpha value is -1.14. The Bertz CT molecular complexity index is 384. The van der Waals surface area contributed by atoms with Gasteiger partial charge in [0.05, 0.1) is 12.6 Å². The zero-order chi connectivity index (χ0) is 14.1. The highest BCUT2D eigenvalue weighted by molar-refractivity contribution is 6.74. The molecule has 0 saturated heterocycles. The molecule has 0 spiro atoms. The van der Waals surface area contributed by atoms with Gasteiger partial charge in [-0.2, -0.15) is 0 Å². The van der Waals surface area contributed by atoms with E-state index in [0.717, 1.165) is 4.90 Å². The van der Waals surface area contributed by atoms with Crippen molar-refractivity contribution >= 4 is 20.3 Å². The molecule has 6 heteroatoms. The fraction of sp³-hybridized carbons (Fsp3) is 0.667. The molecule has 0 radical (unpaired) electrons. The summed E-state index contributed by atoms with van der Waals surface area (Å²) in [5.74, 6) is -0.494. The van der Waals surface area contributed by atoms with E-state index in [1.807, 2.05) is 0 Å². The quantitative estimate of drug-likeness (QED) is 0.801. The zero-order valence-corrected chi connectivity index (χ0v) is 12.6. The highest BCUT2D eigenvalue weighted by Crippen LogP contribution is 2.36. The molecular formula is C12H21NO4Si. The second-order valence-corrected chi connectivity index (χ2v) is 10.8. The van der Waals surface area contributed by atoms with Crippen LogP contribution >= 0.6 is 0 Å². The van der Waals surface area contributed by atoms with E-state index in [1.165, 1.54) is 6.08 Å². The lowest BCUT2D eigenvalue weighted by Gasteiger charge is -2.37. The minimum absolute atomic E-state index is 0.0629. The minimum Gasteiger partial charge on any atom is -0.465 e. The summed E-state index contributed by atoms with van der Waals surface area (Å²) in [6, 6.07) is -0.496. The van der Waals surface area contributed by atoms with Gasteiger partial charge in [0.15, 0.2) is 8.32 Å². The van der Waals surface area contributed by atoms with Crippen molar-refractivity contribution in [3.8, 4) is 0 Å². The predicted molar refractivity (Wildman–Crippen MR) is 70.9 cm³/mol. The summed E-state index contributed by atoms with van der Waals surface area (Å²) in [7, 11) is -1.92. The van der Waals surface area contributed by atoms with Crippen molar-refractivity contribution in [3.63, 3.8) is 0 Å². The van der Waals surface area contributed by atoms with E-state index in [1.54, 1.807) is 6.08 Å². The Morgan fingerprint density at radius 3 is 2.50 bits per heavy atom. The van der Waals surface area contributed by atoms with Crippen molar-refractivity contribution in [2.75, 3.05) is 6.61 Å². The van der Waals surface area contributed by atoms with Crippen LogP contribution in [0, 0.1) is 0 Å². The predicted octanol–water partition coefficient (Wildman–Crippen LogP) is 2.45. The van der Waals surface area contributed by atoms with E-state index in [0.29, 0.717) is 0 Å². The SMILES string of the molecule is CC(C)(C)[Si](C)(C)OC[C@@H]1C=CC(=O)N1C(=O)O. The molecule has 102 valence electrons. The maximum Gasteiger partial charge on any atom is 0.414 e. The van der Waals surface area contributed by atoms with Crippen molar-refractivity contribution in [1.29, 1.82) is 0 Å². The molecule has 2 amide bonds. The molecule has 0 unspecified atom stereocenters. The van der Waals surface area contributed by atoms with Crippen molar-refractivity contribution in [1.82, 2.24) is 4.90 Å². The molecule has 0 saturated carbocycles. The Labute approximate surface area is 109 Å². The molecule has 0 aromatic carbocycles. The number of hydrogen-bond donors (Lipinski definition) is 1. The van der Waals surface area contributed by atoms with Gasteiger partial charge >= 0.3 is 6.09 Å². The third kappa shape index (κ3) is 3.00. The third-order valence-electron chi connectivity index (χ3n) is 3.66. The molecule has 1 aliphatic heterocycles. The number of carboxylic acid groups (broad SMARTS) is 1. The Balaban J connectivity index is 2.67. The molecule has 1 heterocycles. The standard InChI is InChI=1S/C12H21NO4Si/c1-12(2,3)18(4,5)17-8-9-6-7-10(14)13(9)11(15)16/h6-7,9H,8H2,1-5H3,(H,15,16)/t9-/m0/s1. The second-order valence-electron chi connectivity index (χ2n) is 5.99. The first-order valence-corrected chi connectivity index (χ1v) is 8.85. The topological polar surface area (TPSA) is 66.8 Å². The molecule has 0 aromatic heterocycles. The van der Waals surface area contributed by atoms with Crippen LogP contribution in [0.3, 0.4) is 0 Å². The number of amides is 2. The van der Waals surface area contributed by atoms with E-state index in [2.05, 4.69) is 33.9 Å². The van der Waals surface area contributed by atoms with E-state index in [4.69, 9.17) is 9.53 Å². The number of hydrogen-bond acceptors (Lipinski definition) is 3. The summed E-state index contributed by atoms with van der Waals surface area (Å²) in [5, 5.41) is 9.03. The van der Waals surface area contributed by atoms with Crippen LogP contribution in [-0.4, -0.2) is 43.0 Å². The molecule has 0 aromatic rings. The van der Waals surface area contributed by atoms with Gasteiger partial charge in [-0.25, -0.2) is 9.69 Å². The number of rotatable bonds is 3. The van der Waals surface area contributed by atoms with Gasteiger partial charge < -0.3 is 9.53 Å². The van der Waals surface area contributed by atoms with Gasteiger partial charge in [0.25, 0.3) is 5.91 Å². The molecule has 1 N–H and O–H groups in total. The van der Waals surface area contributed by atoms with Gasteiger partial charge in [0.2, 0.25) is 0 Å². The molecule has 1 atom stereocenters. The molecule has 0 bridgehead atoms. The van der Waals surface area contributed by atoms with Crippen molar-refractivity contribution < 1.29 is 19.1 Å². The zero-order valence-electron chi connectivity index (χ0n) is 11.6. The van der Waals surface area contributed by atoms with Crippen LogP contribution in [0.2, 0.25) is 18.1 Å². The normalized spacial score (nSPS) is 20.6. The highest BCUT2D eigenvalue weighted by atomic mass is 28.4. The Kier molecular flexibility index (Phi) is 4.02. The van der Waals surface area contributed by atoms with Crippen molar-refractivity contribution in [2.45, 2.75) is 44.9 Å². The summed E-state index contributed by atoms with van der Waals surface area (Å²) >= 11 is 0. The number of nitrogens with zero attached hydrogens (tertiary/aromatic N) is 1. The number of carbonyl (C=O) groups is 2. The van der Waals surface area contributed by atoms with Crippen molar-refractivity contribution in [2.24, 2.45) is 0 Å². The molecule has 1 aliphatic rings.